The van der Waals surface area contributed by atoms with Gasteiger partial charge in [0.05, 0.1) is 6.42 Å². The van der Waals surface area contributed by atoms with Crippen molar-refractivity contribution >= 4 is 11.6 Å². The second-order valence-corrected chi connectivity index (χ2v) is 3.66. The second-order valence-electron chi connectivity index (χ2n) is 3.66. The molecule has 0 aromatic heterocycles. The maximum atomic E-state index is 11.5. The van der Waals surface area contributed by atoms with Crippen LogP contribution in [0.3, 0.4) is 0 Å². The minimum Gasteiger partial charge on any atom is -0.374 e. The smallest absolute Gasteiger partial charge is 0.171 e. The highest BCUT2D eigenvalue weighted by molar-refractivity contribution is 6.04. The van der Waals surface area contributed by atoms with Crippen molar-refractivity contribution in [2.45, 2.75) is 38.9 Å². The van der Waals surface area contributed by atoms with Crippen LogP contribution in [0.4, 0.5) is 0 Å². The molecule has 1 atom stereocenters. The van der Waals surface area contributed by atoms with E-state index in [0.29, 0.717) is 0 Å². The monoisotopic (exact) mass is 202 g/mol. The molecule has 4 nitrogen and oxygen atoms in total. The number of ether oxygens (including phenoxy) is 2. The third-order valence-electron chi connectivity index (χ3n) is 2.32. The minimum absolute atomic E-state index is 0.143. The molecule has 0 rings (SSSR count). The van der Waals surface area contributed by atoms with Crippen molar-refractivity contribution in [1.29, 1.82) is 0 Å². The molecule has 0 saturated heterocycles. The highest BCUT2D eigenvalue weighted by Crippen LogP contribution is 2.12. The van der Waals surface area contributed by atoms with Crippen LogP contribution in [0.15, 0.2) is 0 Å². The van der Waals surface area contributed by atoms with E-state index < -0.39 is 11.7 Å². The summed E-state index contributed by atoms with van der Waals surface area (Å²) in [7, 11) is 2.89. The van der Waals surface area contributed by atoms with Gasteiger partial charge in [-0.3, -0.25) is 9.59 Å². The van der Waals surface area contributed by atoms with Crippen LogP contribution in [0.25, 0.3) is 0 Å². The topological polar surface area (TPSA) is 52.6 Å². The molecule has 0 saturated carbocycles. The van der Waals surface area contributed by atoms with Gasteiger partial charge in [-0.05, 0) is 20.8 Å². The van der Waals surface area contributed by atoms with E-state index in [-0.39, 0.29) is 18.0 Å². The molecule has 0 amide bonds. The second kappa shape index (κ2) is 5.22. The van der Waals surface area contributed by atoms with Crippen LogP contribution in [0.1, 0.15) is 27.2 Å². The summed E-state index contributed by atoms with van der Waals surface area (Å²) in [6.07, 6.45) is -0.679. The first-order chi connectivity index (χ1) is 6.35. The molecule has 0 radical (unpaired) electrons. The molecule has 4 heteroatoms. The van der Waals surface area contributed by atoms with E-state index in [0.717, 1.165) is 0 Å². The van der Waals surface area contributed by atoms with Gasteiger partial charge >= 0.3 is 0 Å². The van der Waals surface area contributed by atoms with Crippen molar-refractivity contribution in [2.24, 2.45) is 0 Å². The summed E-state index contributed by atoms with van der Waals surface area (Å²) in [5, 5.41) is 0. The maximum Gasteiger partial charge on any atom is 0.171 e. The Morgan fingerprint density at radius 1 is 1.29 bits per heavy atom. The lowest BCUT2D eigenvalue weighted by Gasteiger charge is -2.21. The standard InChI is InChI=1S/C10H18O4/c1-7(13-4)8(11)6-9(12)10(2,3)14-5/h7H,6H2,1-5H3. The van der Waals surface area contributed by atoms with Crippen molar-refractivity contribution in [3.05, 3.63) is 0 Å². The lowest BCUT2D eigenvalue weighted by atomic mass is 9.97. The number of Topliss-reactive ketones (excluding diaryl/α,β-unsaturated/α-hetero) is 2. The number of carbonyl (C=O) groups excluding carboxylic acids is 2. The van der Waals surface area contributed by atoms with Gasteiger partial charge in [-0.1, -0.05) is 0 Å². The summed E-state index contributed by atoms with van der Waals surface area (Å²) in [5.41, 5.74) is -0.900. The van der Waals surface area contributed by atoms with Crippen LogP contribution in [0.2, 0.25) is 0 Å². The molecule has 0 aromatic carbocycles. The predicted octanol–water partition coefficient (Wildman–Crippen LogP) is 0.975. The summed E-state index contributed by atoms with van der Waals surface area (Å²) in [6.45, 7) is 4.90. The van der Waals surface area contributed by atoms with Gasteiger partial charge in [0.2, 0.25) is 0 Å². The number of hydrogen-bond donors (Lipinski definition) is 0. The van der Waals surface area contributed by atoms with E-state index in [1.807, 2.05) is 0 Å². The van der Waals surface area contributed by atoms with Gasteiger partial charge in [-0.25, -0.2) is 0 Å². The largest absolute Gasteiger partial charge is 0.374 e. The molecular weight excluding hydrogens is 184 g/mol. The van der Waals surface area contributed by atoms with Crippen LogP contribution in [-0.2, 0) is 19.1 Å². The molecule has 0 aliphatic heterocycles. The van der Waals surface area contributed by atoms with Crippen LogP contribution in [0, 0.1) is 0 Å². The molecule has 0 aliphatic rings. The summed E-state index contributed by atoms with van der Waals surface area (Å²) < 4.78 is 9.79. The summed E-state index contributed by atoms with van der Waals surface area (Å²) in [4.78, 5) is 22.9. The van der Waals surface area contributed by atoms with Gasteiger partial charge in [0.15, 0.2) is 11.6 Å². The van der Waals surface area contributed by atoms with Crippen molar-refractivity contribution < 1.29 is 19.1 Å². The fourth-order valence-corrected chi connectivity index (χ4v) is 0.760. The van der Waals surface area contributed by atoms with Gasteiger partial charge in [0.1, 0.15) is 11.7 Å². The van der Waals surface area contributed by atoms with E-state index in [4.69, 9.17) is 9.47 Å². The van der Waals surface area contributed by atoms with Gasteiger partial charge in [-0.15, -0.1) is 0 Å². The van der Waals surface area contributed by atoms with Gasteiger partial charge in [-0.2, -0.15) is 0 Å². The quantitative estimate of drug-likeness (QED) is 0.602. The third kappa shape index (κ3) is 3.55. The zero-order valence-corrected chi connectivity index (χ0v) is 9.42. The molecule has 0 N–H and O–H groups in total. The van der Waals surface area contributed by atoms with Crippen molar-refractivity contribution in [1.82, 2.24) is 0 Å². The Labute approximate surface area is 84.6 Å². The van der Waals surface area contributed by atoms with Crippen LogP contribution < -0.4 is 0 Å². The van der Waals surface area contributed by atoms with Crippen LogP contribution in [-0.4, -0.2) is 37.5 Å². The molecule has 0 aliphatic carbocycles. The minimum atomic E-state index is -0.900. The van der Waals surface area contributed by atoms with E-state index in [2.05, 4.69) is 0 Å². The average Bonchev–Trinajstić information content (AvgIpc) is 2.16. The first kappa shape index (κ1) is 13.3. The van der Waals surface area contributed by atoms with Crippen LogP contribution in [0.5, 0.6) is 0 Å². The highest BCUT2D eigenvalue weighted by Gasteiger charge is 2.29. The lowest BCUT2D eigenvalue weighted by Crippen LogP contribution is -2.37. The van der Waals surface area contributed by atoms with Gasteiger partial charge < -0.3 is 9.47 Å². The normalized spacial score (nSPS) is 13.8. The number of methoxy groups -OCH3 is 2. The van der Waals surface area contributed by atoms with Gasteiger partial charge in [0.25, 0.3) is 0 Å². The summed E-state index contributed by atoms with van der Waals surface area (Å²) in [6, 6.07) is 0. The third-order valence-corrected chi connectivity index (χ3v) is 2.32. The summed E-state index contributed by atoms with van der Waals surface area (Å²) in [5.74, 6) is -0.448. The maximum absolute atomic E-state index is 11.5. The molecule has 0 aromatic rings. The zero-order valence-electron chi connectivity index (χ0n) is 9.42. The predicted molar refractivity (Wildman–Crippen MR) is 52.2 cm³/mol. The fourth-order valence-electron chi connectivity index (χ4n) is 0.760. The van der Waals surface area contributed by atoms with E-state index in [1.54, 1.807) is 20.8 Å². The van der Waals surface area contributed by atoms with Crippen LogP contribution >= 0.6 is 0 Å². The number of ketones is 2. The zero-order chi connectivity index (χ0) is 11.4. The number of hydrogen-bond acceptors (Lipinski definition) is 4. The van der Waals surface area contributed by atoms with Crippen molar-refractivity contribution in [3.8, 4) is 0 Å². The molecule has 0 bridgehead atoms. The Morgan fingerprint density at radius 3 is 2.14 bits per heavy atom. The number of rotatable bonds is 6. The molecule has 1 unspecified atom stereocenters. The molecule has 82 valence electrons. The molecule has 0 fully saturated rings. The van der Waals surface area contributed by atoms with E-state index in [1.165, 1.54) is 14.2 Å². The first-order valence-electron chi connectivity index (χ1n) is 4.49. The Hall–Kier alpha value is -0.740. The van der Waals surface area contributed by atoms with Crippen molar-refractivity contribution in [3.63, 3.8) is 0 Å². The molecular formula is C10H18O4. The molecule has 0 spiro atoms. The average molecular weight is 202 g/mol. The Balaban J connectivity index is 4.27. The van der Waals surface area contributed by atoms with E-state index in [9.17, 15) is 9.59 Å². The van der Waals surface area contributed by atoms with Gasteiger partial charge in [0, 0.05) is 14.2 Å². The SMILES string of the molecule is COC(C)C(=O)CC(=O)C(C)(C)OC. The van der Waals surface area contributed by atoms with E-state index >= 15 is 0 Å². The Kier molecular flexibility index (Phi) is 4.94. The summed E-state index contributed by atoms with van der Waals surface area (Å²) >= 11 is 0. The fraction of sp³-hybridized carbons (Fsp3) is 0.800. The lowest BCUT2D eigenvalue weighted by molar-refractivity contribution is -0.142. The van der Waals surface area contributed by atoms with Crippen molar-refractivity contribution in [2.75, 3.05) is 14.2 Å². The first-order valence-corrected chi connectivity index (χ1v) is 4.49. The molecule has 0 heterocycles. The number of carbonyl (C=O) groups is 2. The Bertz CT molecular complexity index is 220. The Morgan fingerprint density at radius 2 is 1.79 bits per heavy atom. The molecule has 14 heavy (non-hydrogen) atoms. The highest BCUT2D eigenvalue weighted by atomic mass is 16.5.